The average Bonchev–Trinajstić information content (AvgIpc) is 2.40. The summed E-state index contributed by atoms with van der Waals surface area (Å²) in [6.07, 6.45) is 5.44. The van der Waals surface area contributed by atoms with Crippen molar-refractivity contribution in [2.24, 2.45) is 0 Å². The van der Waals surface area contributed by atoms with Crippen molar-refractivity contribution in [2.75, 3.05) is 50.5 Å². The van der Waals surface area contributed by atoms with E-state index in [0.29, 0.717) is 0 Å². The van der Waals surface area contributed by atoms with Crippen molar-refractivity contribution >= 4 is 11.8 Å². The summed E-state index contributed by atoms with van der Waals surface area (Å²) in [6, 6.07) is 0. The van der Waals surface area contributed by atoms with Gasteiger partial charge in [0.1, 0.15) is 0 Å². The van der Waals surface area contributed by atoms with E-state index >= 15 is 0 Å². The Hall–Kier alpha value is -1.43. The van der Waals surface area contributed by atoms with E-state index in [2.05, 4.69) is 44.4 Å². The average molecular weight is 250 g/mol. The van der Waals surface area contributed by atoms with Gasteiger partial charge in [-0.2, -0.15) is 10.1 Å². The van der Waals surface area contributed by atoms with Crippen LogP contribution in [0.15, 0.2) is 6.20 Å². The van der Waals surface area contributed by atoms with Crippen LogP contribution in [0.1, 0.15) is 19.3 Å². The van der Waals surface area contributed by atoms with Crippen molar-refractivity contribution in [3.8, 4) is 0 Å². The molecule has 1 aliphatic heterocycles. The van der Waals surface area contributed by atoms with Gasteiger partial charge >= 0.3 is 0 Å². The molecule has 2 rings (SSSR count). The topological polar surface area (TPSA) is 57.2 Å². The van der Waals surface area contributed by atoms with Gasteiger partial charge in [0.2, 0.25) is 5.95 Å². The highest BCUT2D eigenvalue weighted by Crippen LogP contribution is 2.15. The minimum Gasteiger partial charge on any atom is -0.367 e. The molecule has 1 fully saturated rings. The van der Waals surface area contributed by atoms with Gasteiger partial charge < -0.3 is 15.1 Å². The fraction of sp³-hybridized carbons (Fsp3) is 0.750. The third-order valence-electron chi connectivity index (χ3n) is 3.05. The zero-order chi connectivity index (χ0) is 12.8. The van der Waals surface area contributed by atoms with Crippen LogP contribution in [0, 0.1) is 0 Å². The van der Waals surface area contributed by atoms with Gasteiger partial charge in [-0.1, -0.05) is 0 Å². The van der Waals surface area contributed by atoms with E-state index in [4.69, 9.17) is 0 Å². The van der Waals surface area contributed by atoms with Crippen LogP contribution < -0.4 is 10.2 Å². The number of nitrogens with one attached hydrogen (secondary N) is 1. The maximum atomic E-state index is 4.52. The molecule has 0 saturated carbocycles. The Labute approximate surface area is 108 Å². The van der Waals surface area contributed by atoms with Crippen molar-refractivity contribution in [1.82, 2.24) is 20.1 Å². The number of anilines is 2. The Bertz CT molecular complexity index is 361. The predicted molar refractivity (Wildman–Crippen MR) is 72.9 cm³/mol. The second-order valence-electron chi connectivity index (χ2n) is 4.92. The lowest BCUT2D eigenvalue weighted by Gasteiger charge is -2.26. The van der Waals surface area contributed by atoms with Gasteiger partial charge in [-0.3, -0.25) is 0 Å². The number of likely N-dealkylation sites (N-methyl/N-ethyl adjacent to an activating group) is 1. The van der Waals surface area contributed by atoms with E-state index in [9.17, 15) is 0 Å². The van der Waals surface area contributed by atoms with Gasteiger partial charge in [-0.05, 0) is 33.4 Å². The Morgan fingerprint density at radius 1 is 1.28 bits per heavy atom. The number of hydrogen-bond donors (Lipinski definition) is 1. The monoisotopic (exact) mass is 250 g/mol. The van der Waals surface area contributed by atoms with E-state index in [0.717, 1.165) is 37.9 Å². The first kappa shape index (κ1) is 13.0. The van der Waals surface area contributed by atoms with Gasteiger partial charge in [0.25, 0.3) is 0 Å². The van der Waals surface area contributed by atoms with Crippen molar-refractivity contribution in [3.63, 3.8) is 0 Å². The number of hydrogen-bond acceptors (Lipinski definition) is 6. The molecule has 1 aliphatic rings. The normalized spacial score (nSPS) is 16.1. The van der Waals surface area contributed by atoms with Crippen molar-refractivity contribution in [3.05, 3.63) is 6.20 Å². The molecule has 0 aliphatic carbocycles. The molecule has 0 atom stereocenters. The quantitative estimate of drug-likeness (QED) is 0.835. The molecule has 0 spiro atoms. The second-order valence-corrected chi connectivity index (χ2v) is 4.92. The van der Waals surface area contributed by atoms with Crippen LogP contribution in [0.5, 0.6) is 0 Å². The van der Waals surface area contributed by atoms with Crippen LogP contribution in [0.25, 0.3) is 0 Å². The highest BCUT2D eigenvalue weighted by molar-refractivity contribution is 5.39. The van der Waals surface area contributed by atoms with E-state index in [1.165, 1.54) is 19.3 Å². The van der Waals surface area contributed by atoms with Gasteiger partial charge in [0, 0.05) is 26.2 Å². The molecule has 0 aromatic carbocycles. The maximum Gasteiger partial charge on any atom is 0.247 e. The van der Waals surface area contributed by atoms with Crippen LogP contribution >= 0.6 is 0 Å². The predicted octanol–water partition coefficient (Wildman–Crippen LogP) is 0.835. The Balaban J connectivity index is 1.91. The molecule has 100 valence electrons. The van der Waals surface area contributed by atoms with Crippen LogP contribution in [-0.4, -0.2) is 60.4 Å². The molecular weight excluding hydrogens is 228 g/mol. The maximum absolute atomic E-state index is 4.52. The van der Waals surface area contributed by atoms with Crippen LogP contribution in [-0.2, 0) is 0 Å². The molecule has 0 unspecified atom stereocenters. The minimum absolute atomic E-state index is 0.754. The first-order chi connectivity index (χ1) is 8.75. The third kappa shape index (κ3) is 3.80. The molecule has 0 radical (unpaired) electrons. The lowest BCUT2D eigenvalue weighted by atomic mass is 10.1. The summed E-state index contributed by atoms with van der Waals surface area (Å²) in [5.41, 5.74) is 0. The molecule has 18 heavy (non-hydrogen) atoms. The molecule has 6 heteroatoms. The lowest BCUT2D eigenvalue weighted by molar-refractivity contribution is 0.425. The molecule has 0 amide bonds. The third-order valence-corrected chi connectivity index (χ3v) is 3.05. The molecule has 2 heterocycles. The standard InChI is InChI=1S/C12H22N6/c1-17(2)9-6-13-11-10-14-16-12(15-11)18-7-4-3-5-8-18/h10H,3-9H2,1-2H3,(H,13,15,16). The first-order valence-corrected chi connectivity index (χ1v) is 6.59. The number of rotatable bonds is 5. The Morgan fingerprint density at radius 2 is 2.06 bits per heavy atom. The lowest BCUT2D eigenvalue weighted by Crippen LogP contribution is -2.31. The summed E-state index contributed by atoms with van der Waals surface area (Å²) in [5.74, 6) is 1.57. The van der Waals surface area contributed by atoms with Crippen molar-refractivity contribution in [2.45, 2.75) is 19.3 Å². The van der Waals surface area contributed by atoms with Gasteiger partial charge in [-0.15, -0.1) is 5.10 Å². The molecule has 1 aromatic heterocycles. The van der Waals surface area contributed by atoms with E-state index < -0.39 is 0 Å². The Morgan fingerprint density at radius 3 is 2.78 bits per heavy atom. The summed E-state index contributed by atoms with van der Waals surface area (Å²) < 4.78 is 0. The van der Waals surface area contributed by atoms with E-state index in [1.807, 2.05) is 0 Å². The molecule has 1 saturated heterocycles. The number of aromatic nitrogens is 3. The Kier molecular flexibility index (Phi) is 4.69. The van der Waals surface area contributed by atoms with Crippen LogP contribution in [0.3, 0.4) is 0 Å². The molecular formula is C12H22N6. The summed E-state index contributed by atoms with van der Waals surface area (Å²) in [4.78, 5) is 8.86. The fourth-order valence-corrected chi connectivity index (χ4v) is 2.01. The highest BCUT2D eigenvalue weighted by atomic mass is 15.3. The minimum atomic E-state index is 0.754. The number of nitrogens with zero attached hydrogens (tertiary/aromatic N) is 5. The highest BCUT2D eigenvalue weighted by Gasteiger charge is 2.14. The summed E-state index contributed by atoms with van der Waals surface area (Å²) in [6.45, 7) is 3.93. The largest absolute Gasteiger partial charge is 0.367 e. The summed E-state index contributed by atoms with van der Waals surface area (Å²) in [7, 11) is 4.11. The van der Waals surface area contributed by atoms with E-state index in [-0.39, 0.29) is 0 Å². The second kappa shape index (κ2) is 6.49. The van der Waals surface area contributed by atoms with E-state index in [1.54, 1.807) is 6.20 Å². The smallest absolute Gasteiger partial charge is 0.247 e. The van der Waals surface area contributed by atoms with Crippen LogP contribution in [0.2, 0.25) is 0 Å². The summed E-state index contributed by atoms with van der Waals surface area (Å²) >= 11 is 0. The zero-order valence-corrected chi connectivity index (χ0v) is 11.3. The number of piperidine rings is 1. The molecule has 6 nitrogen and oxygen atoms in total. The SMILES string of the molecule is CN(C)CCNc1cnnc(N2CCCCC2)n1. The molecule has 1 N–H and O–H groups in total. The zero-order valence-electron chi connectivity index (χ0n) is 11.3. The van der Waals surface area contributed by atoms with Crippen molar-refractivity contribution < 1.29 is 0 Å². The van der Waals surface area contributed by atoms with Crippen molar-refractivity contribution in [1.29, 1.82) is 0 Å². The van der Waals surface area contributed by atoms with Gasteiger partial charge in [0.15, 0.2) is 5.82 Å². The van der Waals surface area contributed by atoms with Crippen LogP contribution in [0.4, 0.5) is 11.8 Å². The first-order valence-electron chi connectivity index (χ1n) is 6.59. The molecule has 0 bridgehead atoms. The summed E-state index contributed by atoms with van der Waals surface area (Å²) in [5, 5.41) is 11.4. The fourth-order valence-electron chi connectivity index (χ4n) is 2.01. The van der Waals surface area contributed by atoms with Gasteiger partial charge in [0.05, 0.1) is 6.20 Å². The molecule has 1 aromatic rings. The van der Waals surface area contributed by atoms with Gasteiger partial charge in [-0.25, -0.2) is 0 Å².